The van der Waals surface area contributed by atoms with Gasteiger partial charge in [-0.15, -0.1) is 0 Å². The van der Waals surface area contributed by atoms with E-state index < -0.39 is 0 Å². The van der Waals surface area contributed by atoms with Crippen LogP contribution in [0.25, 0.3) is 0 Å². The average Bonchev–Trinajstić information content (AvgIpc) is 2.63. The zero-order valence-corrected chi connectivity index (χ0v) is 14.4. The normalized spacial score (nSPS) is 7.76. The van der Waals surface area contributed by atoms with E-state index in [2.05, 4.69) is 64.1 Å². The van der Waals surface area contributed by atoms with E-state index in [1.807, 2.05) is 0 Å². The van der Waals surface area contributed by atoms with E-state index in [-0.39, 0.29) is 41.1 Å². The first-order valence-corrected chi connectivity index (χ1v) is 4.98. The fourth-order valence-electron chi connectivity index (χ4n) is 1.44. The molecular formula is C16H24Zr. The van der Waals surface area contributed by atoms with Crippen molar-refractivity contribution < 1.29 is 26.2 Å². The van der Waals surface area contributed by atoms with Gasteiger partial charge < -0.3 is 14.9 Å². The van der Waals surface area contributed by atoms with E-state index in [4.69, 9.17) is 0 Å². The summed E-state index contributed by atoms with van der Waals surface area (Å²) in [4.78, 5) is 0. The summed E-state index contributed by atoms with van der Waals surface area (Å²) in [5, 5.41) is 0. The Balaban J connectivity index is -0.000000196. The Bertz CT molecular complexity index is 308. The summed E-state index contributed by atoms with van der Waals surface area (Å²) in [6.07, 6.45) is 0. The Hall–Kier alpha value is -0.417. The van der Waals surface area contributed by atoms with E-state index in [9.17, 15) is 0 Å². The Kier molecular flexibility index (Phi) is 13.8. The molecule has 0 aliphatic carbocycles. The Morgan fingerprint density at radius 2 is 1.06 bits per heavy atom. The summed E-state index contributed by atoms with van der Waals surface area (Å²) < 4.78 is 0. The molecular weight excluding hydrogens is 283 g/mol. The smallest absolute Gasteiger partial charge is 0.358 e. The Labute approximate surface area is 127 Å². The number of rotatable bonds is 0. The van der Waals surface area contributed by atoms with Crippen LogP contribution >= 0.6 is 0 Å². The summed E-state index contributed by atoms with van der Waals surface area (Å²) >= 11 is 0. The van der Waals surface area contributed by atoms with Crippen LogP contribution in [0.4, 0.5) is 0 Å². The fourth-order valence-corrected chi connectivity index (χ4v) is 1.44. The molecule has 0 radical (unpaired) electrons. The van der Waals surface area contributed by atoms with Crippen molar-refractivity contribution in [2.45, 2.75) is 27.7 Å². The van der Waals surface area contributed by atoms with Gasteiger partial charge in [-0.1, -0.05) is 27.7 Å². The Morgan fingerprint density at radius 3 is 1.12 bits per heavy atom. The van der Waals surface area contributed by atoms with Crippen molar-refractivity contribution >= 4 is 0 Å². The molecule has 1 heteroatoms. The minimum Gasteiger partial charge on any atom is -0.358 e. The van der Waals surface area contributed by atoms with Gasteiger partial charge in [0.2, 0.25) is 0 Å². The van der Waals surface area contributed by atoms with Crippen LogP contribution in [0.5, 0.6) is 0 Å². The second-order valence-electron chi connectivity index (χ2n) is 3.93. The molecule has 0 saturated heterocycles. The van der Waals surface area contributed by atoms with Crippen LogP contribution in [0.3, 0.4) is 0 Å². The van der Waals surface area contributed by atoms with E-state index in [1.165, 1.54) is 22.3 Å². The van der Waals surface area contributed by atoms with E-state index in [1.54, 1.807) is 0 Å². The zero-order valence-electron chi connectivity index (χ0n) is 12.0. The van der Waals surface area contributed by atoms with Crippen LogP contribution in [-0.2, 0) is 26.2 Å². The summed E-state index contributed by atoms with van der Waals surface area (Å²) in [5.41, 5.74) is 5.44. The minimum absolute atomic E-state index is 0. The quantitative estimate of drug-likeness (QED) is 0.605. The van der Waals surface area contributed by atoms with Crippen molar-refractivity contribution in [1.82, 2.24) is 0 Å². The van der Waals surface area contributed by atoms with Gasteiger partial charge in [0.1, 0.15) is 0 Å². The number of aryl methyl sites for hydroxylation is 4. The summed E-state index contributed by atoms with van der Waals surface area (Å²) in [6, 6.07) is 12.8. The first-order chi connectivity index (χ1) is 6.58. The largest absolute Gasteiger partial charge is 4.00 e. The molecule has 0 bridgehead atoms. The number of hydrogen-bond acceptors (Lipinski definition) is 0. The van der Waals surface area contributed by atoms with Crippen LogP contribution in [-0.4, -0.2) is 0 Å². The number of hydrogen-bond donors (Lipinski definition) is 0. The summed E-state index contributed by atoms with van der Waals surface area (Å²) in [6.45, 7) is 8.42. The van der Waals surface area contributed by atoms with Gasteiger partial charge in [0, 0.05) is 0 Å². The summed E-state index contributed by atoms with van der Waals surface area (Å²) in [7, 11) is 0. The molecule has 0 amide bonds. The SMILES string of the molecule is Cc1cc[c-](C)c1.Cc1cc[c-](C)c1.[CH3-].[CH3-].[Zr+4]. The van der Waals surface area contributed by atoms with Crippen LogP contribution in [0, 0.1) is 42.5 Å². The third-order valence-corrected chi connectivity index (χ3v) is 2.13. The first-order valence-electron chi connectivity index (χ1n) is 4.98. The van der Waals surface area contributed by atoms with Crippen molar-refractivity contribution in [2.75, 3.05) is 0 Å². The molecule has 2 rings (SSSR count). The van der Waals surface area contributed by atoms with Gasteiger partial charge in [-0.3, -0.25) is 0 Å². The standard InChI is InChI=1S/2C7H9.2CH3.Zr/c2*1-6-3-4-7(2)5-6;;;/h2*3-5H,1-2H3;2*1H3;/q4*-1;+4. The van der Waals surface area contributed by atoms with Crippen LogP contribution in [0.15, 0.2) is 36.4 Å². The Morgan fingerprint density at radius 1 is 0.765 bits per heavy atom. The van der Waals surface area contributed by atoms with Crippen molar-refractivity contribution in [1.29, 1.82) is 0 Å². The predicted molar refractivity (Wildman–Crippen MR) is 75.8 cm³/mol. The van der Waals surface area contributed by atoms with E-state index in [0.717, 1.165) is 0 Å². The maximum absolute atomic E-state index is 2.17. The molecule has 0 nitrogen and oxygen atoms in total. The average molecular weight is 308 g/mol. The molecule has 0 atom stereocenters. The molecule has 92 valence electrons. The maximum atomic E-state index is 2.17. The topological polar surface area (TPSA) is 0 Å². The molecule has 0 saturated carbocycles. The van der Waals surface area contributed by atoms with Gasteiger partial charge in [-0.2, -0.15) is 35.4 Å². The van der Waals surface area contributed by atoms with Crippen molar-refractivity contribution in [3.8, 4) is 0 Å². The minimum atomic E-state index is 0. The van der Waals surface area contributed by atoms with Crippen LogP contribution in [0.2, 0.25) is 0 Å². The van der Waals surface area contributed by atoms with Crippen molar-refractivity contribution in [2.24, 2.45) is 0 Å². The molecule has 0 aliphatic heterocycles. The molecule has 0 heterocycles. The van der Waals surface area contributed by atoms with Gasteiger partial charge >= 0.3 is 26.2 Å². The van der Waals surface area contributed by atoms with E-state index in [0.29, 0.717) is 0 Å². The van der Waals surface area contributed by atoms with E-state index >= 15 is 0 Å². The monoisotopic (exact) mass is 306 g/mol. The van der Waals surface area contributed by atoms with Gasteiger partial charge in [0.05, 0.1) is 0 Å². The summed E-state index contributed by atoms with van der Waals surface area (Å²) in [5.74, 6) is 0. The second kappa shape index (κ2) is 10.7. The molecule has 17 heavy (non-hydrogen) atoms. The van der Waals surface area contributed by atoms with Crippen LogP contribution < -0.4 is 0 Å². The third kappa shape index (κ3) is 9.30. The van der Waals surface area contributed by atoms with Crippen molar-refractivity contribution in [3.05, 3.63) is 73.5 Å². The van der Waals surface area contributed by atoms with Gasteiger partial charge in [-0.05, 0) is 0 Å². The molecule has 0 aromatic heterocycles. The molecule has 2 aromatic carbocycles. The molecule has 0 unspecified atom stereocenters. The van der Waals surface area contributed by atoms with Crippen molar-refractivity contribution in [3.63, 3.8) is 0 Å². The fraction of sp³-hybridized carbons (Fsp3) is 0.250. The molecule has 0 spiro atoms. The molecule has 0 fully saturated rings. The first kappa shape index (κ1) is 21.8. The van der Waals surface area contributed by atoms with Gasteiger partial charge in [0.15, 0.2) is 0 Å². The van der Waals surface area contributed by atoms with Crippen LogP contribution in [0.1, 0.15) is 22.3 Å². The third-order valence-electron chi connectivity index (χ3n) is 2.13. The molecule has 2 aromatic rings. The predicted octanol–water partition coefficient (Wildman–Crippen LogP) is 4.94. The molecule has 0 N–H and O–H groups in total. The molecule has 0 aliphatic rings. The zero-order chi connectivity index (χ0) is 10.6. The van der Waals surface area contributed by atoms with Gasteiger partial charge in [0.25, 0.3) is 0 Å². The second-order valence-corrected chi connectivity index (χ2v) is 3.93. The van der Waals surface area contributed by atoms with Gasteiger partial charge in [-0.25, -0.2) is 23.3 Å². The maximum Gasteiger partial charge on any atom is 4.00 e.